The van der Waals surface area contributed by atoms with Gasteiger partial charge in [-0.1, -0.05) is 29.4 Å². The first-order chi connectivity index (χ1) is 12.0. The number of hydrogen-bond donors (Lipinski definition) is 1. The molecule has 0 atom stereocenters. The van der Waals surface area contributed by atoms with Crippen LogP contribution in [0.3, 0.4) is 0 Å². The van der Waals surface area contributed by atoms with Crippen LogP contribution in [-0.4, -0.2) is 27.8 Å². The second kappa shape index (κ2) is 7.21. The Kier molecular flexibility index (Phi) is 5.01. The Labute approximate surface area is 154 Å². The summed E-state index contributed by atoms with van der Waals surface area (Å²) in [7, 11) is 3.16. The summed E-state index contributed by atoms with van der Waals surface area (Å²) in [5, 5.41) is 11.4. The topological polar surface area (TPSA) is 63.8 Å². The lowest BCUT2D eigenvalue weighted by Gasteiger charge is -2.02. The number of benzene rings is 1. The van der Waals surface area contributed by atoms with Gasteiger partial charge in [0.2, 0.25) is 0 Å². The van der Waals surface area contributed by atoms with E-state index in [9.17, 15) is 9.90 Å². The molecule has 1 aliphatic heterocycles. The Balaban J connectivity index is 2.06. The van der Waals surface area contributed by atoms with Gasteiger partial charge in [-0.2, -0.15) is 0 Å². The van der Waals surface area contributed by atoms with Crippen LogP contribution in [0.2, 0.25) is 5.02 Å². The van der Waals surface area contributed by atoms with Crippen LogP contribution in [0.15, 0.2) is 63.8 Å². The van der Waals surface area contributed by atoms with E-state index in [1.54, 1.807) is 30.3 Å². The molecule has 0 radical (unpaired) electrons. The van der Waals surface area contributed by atoms with Crippen LogP contribution in [0.4, 0.5) is 5.69 Å². The quantitative estimate of drug-likeness (QED) is 0.804. The summed E-state index contributed by atoms with van der Waals surface area (Å²) in [6.07, 6.45) is 3.69. The lowest BCUT2D eigenvalue weighted by Crippen LogP contribution is -2.10. The number of thioether (sulfide) groups is 1. The summed E-state index contributed by atoms with van der Waals surface area (Å²) in [6, 6.07) is 10.8. The van der Waals surface area contributed by atoms with Crippen molar-refractivity contribution in [3.63, 3.8) is 0 Å². The van der Waals surface area contributed by atoms with Crippen molar-refractivity contribution in [3.8, 4) is 0 Å². The van der Waals surface area contributed by atoms with Crippen molar-refractivity contribution >= 4 is 46.1 Å². The number of nitrogens with zero attached hydrogens (tertiary/aromatic N) is 2. The number of rotatable bonds is 3. The second-order valence-corrected chi connectivity index (χ2v) is 6.73. The van der Waals surface area contributed by atoms with Crippen molar-refractivity contribution in [1.29, 1.82) is 0 Å². The molecule has 2 aromatic rings. The molecule has 0 fully saturated rings. The third kappa shape index (κ3) is 3.65. The van der Waals surface area contributed by atoms with Crippen molar-refractivity contribution in [2.45, 2.75) is 0 Å². The summed E-state index contributed by atoms with van der Waals surface area (Å²) in [6.45, 7) is 0. The van der Waals surface area contributed by atoms with Gasteiger partial charge < -0.3 is 14.4 Å². The van der Waals surface area contributed by atoms with Crippen LogP contribution < -0.4 is 0 Å². The van der Waals surface area contributed by atoms with E-state index in [4.69, 9.17) is 16.3 Å². The highest BCUT2D eigenvalue weighted by Crippen LogP contribution is 2.40. The van der Waals surface area contributed by atoms with E-state index in [0.29, 0.717) is 20.7 Å². The molecule has 1 aromatic heterocycles. The minimum absolute atomic E-state index is 0.0490. The van der Waals surface area contributed by atoms with Crippen LogP contribution in [0.25, 0.3) is 6.08 Å². The van der Waals surface area contributed by atoms with Crippen LogP contribution >= 0.6 is 23.4 Å². The third-order valence-corrected chi connectivity index (χ3v) is 4.84. The fourth-order valence-corrected chi connectivity index (χ4v) is 3.52. The molecule has 7 heteroatoms. The van der Waals surface area contributed by atoms with E-state index in [0.717, 1.165) is 5.69 Å². The van der Waals surface area contributed by atoms with Crippen LogP contribution in [0.1, 0.15) is 5.69 Å². The van der Waals surface area contributed by atoms with Crippen molar-refractivity contribution in [2.75, 3.05) is 7.11 Å². The minimum atomic E-state index is -0.638. The number of esters is 1. The number of halogens is 1. The molecule has 0 amide bonds. The van der Waals surface area contributed by atoms with Gasteiger partial charge in [0.1, 0.15) is 16.4 Å². The Hall–Kier alpha value is -2.44. The molecule has 1 aliphatic rings. The van der Waals surface area contributed by atoms with Crippen molar-refractivity contribution < 1.29 is 14.6 Å². The number of aliphatic imine (C=N–C) groups is 1. The highest BCUT2D eigenvalue weighted by Gasteiger charge is 2.33. The van der Waals surface area contributed by atoms with Crippen molar-refractivity contribution in [1.82, 2.24) is 4.57 Å². The van der Waals surface area contributed by atoms with Crippen LogP contribution in [0.5, 0.6) is 0 Å². The van der Waals surface area contributed by atoms with Gasteiger partial charge in [0.25, 0.3) is 0 Å². The summed E-state index contributed by atoms with van der Waals surface area (Å²) >= 11 is 7.19. The first-order valence-electron chi connectivity index (χ1n) is 7.37. The zero-order valence-corrected chi connectivity index (χ0v) is 15.1. The summed E-state index contributed by atoms with van der Waals surface area (Å²) in [5.41, 5.74) is 1.53. The highest BCUT2D eigenvalue weighted by molar-refractivity contribution is 8.18. The average Bonchev–Trinajstić information content (AvgIpc) is 3.11. The largest absolute Gasteiger partial charge is 0.506 e. The maximum absolute atomic E-state index is 12.1. The Morgan fingerprint density at radius 3 is 2.80 bits per heavy atom. The monoisotopic (exact) mass is 374 g/mol. The fourth-order valence-electron chi connectivity index (χ4n) is 2.31. The van der Waals surface area contributed by atoms with E-state index in [2.05, 4.69) is 4.99 Å². The number of aryl methyl sites for hydroxylation is 1. The molecule has 5 nitrogen and oxygen atoms in total. The predicted molar refractivity (Wildman–Crippen MR) is 101 cm³/mol. The number of aliphatic hydroxyl groups excluding tert-OH is 1. The normalized spacial score (nSPS) is 17.6. The molecule has 128 valence electrons. The van der Waals surface area contributed by atoms with Gasteiger partial charge in [-0.05, 0) is 36.4 Å². The van der Waals surface area contributed by atoms with Gasteiger partial charge in [0.05, 0.1) is 17.7 Å². The predicted octanol–water partition coefficient (Wildman–Crippen LogP) is 4.48. The molecule has 3 rings (SSSR count). The zero-order chi connectivity index (χ0) is 18.0. The maximum atomic E-state index is 12.1. The number of ether oxygens (including phenoxy) is 1. The third-order valence-electron chi connectivity index (χ3n) is 3.58. The lowest BCUT2D eigenvalue weighted by molar-refractivity contribution is -0.135. The standard InChI is InChI=1S/C18H15ClN2O3S/c1-21-8-4-7-13(21)10-14-16(22)15(18(23)24-2)17(25-14)20-12-6-3-5-11(19)9-12/h3-10,22H,1-2H3. The molecule has 0 spiro atoms. The molecule has 0 unspecified atom stereocenters. The molecule has 0 saturated carbocycles. The van der Waals surface area contributed by atoms with Crippen molar-refractivity contribution in [2.24, 2.45) is 12.0 Å². The van der Waals surface area contributed by atoms with Crippen molar-refractivity contribution in [3.05, 3.63) is 69.5 Å². The fraction of sp³-hybridized carbons (Fsp3) is 0.111. The molecule has 1 N–H and O–H groups in total. The Bertz CT molecular complexity index is 928. The van der Waals surface area contributed by atoms with Gasteiger partial charge in [0.15, 0.2) is 0 Å². The van der Waals surface area contributed by atoms with Crippen LogP contribution in [0, 0.1) is 0 Å². The second-order valence-electron chi connectivity index (χ2n) is 5.27. The molecule has 1 aromatic carbocycles. The lowest BCUT2D eigenvalue weighted by atomic mass is 10.2. The van der Waals surface area contributed by atoms with Gasteiger partial charge >= 0.3 is 5.97 Å². The van der Waals surface area contributed by atoms with E-state index in [1.165, 1.54) is 18.9 Å². The van der Waals surface area contributed by atoms with E-state index in [-0.39, 0.29) is 11.3 Å². The molecular formula is C18H15ClN2O3S. The molecular weight excluding hydrogens is 360 g/mol. The van der Waals surface area contributed by atoms with Gasteiger partial charge in [-0.25, -0.2) is 9.79 Å². The highest BCUT2D eigenvalue weighted by atomic mass is 35.5. The number of hydrogen-bond acceptors (Lipinski definition) is 5. The van der Waals surface area contributed by atoms with E-state index >= 15 is 0 Å². The molecule has 0 saturated heterocycles. The minimum Gasteiger partial charge on any atom is -0.506 e. The first-order valence-corrected chi connectivity index (χ1v) is 8.56. The number of methoxy groups -OCH3 is 1. The van der Waals surface area contributed by atoms with Crippen LogP contribution in [-0.2, 0) is 16.6 Å². The summed E-state index contributed by atoms with van der Waals surface area (Å²) in [5.74, 6) is -0.778. The zero-order valence-electron chi connectivity index (χ0n) is 13.6. The number of carbonyl (C=O) groups is 1. The van der Waals surface area contributed by atoms with E-state index in [1.807, 2.05) is 29.9 Å². The molecule has 2 heterocycles. The number of aliphatic hydroxyl groups is 1. The number of carbonyl (C=O) groups excluding carboxylic acids is 1. The van der Waals surface area contributed by atoms with Gasteiger partial charge in [-0.3, -0.25) is 0 Å². The Morgan fingerprint density at radius 2 is 2.16 bits per heavy atom. The summed E-state index contributed by atoms with van der Waals surface area (Å²) < 4.78 is 6.70. The maximum Gasteiger partial charge on any atom is 0.344 e. The molecule has 25 heavy (non-hydrogen) atoms. The Morgan fingerprint density at radius 1 is 1.36 bits per heavy atom. The van der Waals surface area contributed by atoms with E-state index < -0.39 is 5.97 Å². The SMILES string of the molecule is COC(=O)C1=C(O)C(=Cc2cccn2C)SC1=Nc1cccc(Cl)c1. The first kappa shape index (κ1) is 17.4. The molecule has 0 bridgehead atoms. The number of aromatic nitrogens is 1. The van der Waals surface area contributed by atoms with Gasteiger partial charge in [-0.15, -0.1) is 0 Å². The van der Waals surface area contributed by atoms with Gasteiger partial charge in [0, 0.05) is 24.0 Å². The average molecular weight is 375 g/mol. The molecule has 0 aliphatic carbocycles. The smallest absolute Gasteiger partial charge is 0.344 e. The summed E-state index contributed by atoms with van der Waals surface area (Å²) in [4.78, 5) is 17.1.